The molecule has 0 unspecified atom stereocenters. The minimum atomic E-state index is -0.378. The molecule has 102 valence electrons. The van der Waals surface area contributed by atoms with E-state index in [1.54, 1.807) is 0 Å². The fourth-order valence-corrected chi connectivity index (χ4v) is 2.29. The molecule has 2 N–H and O–H groups in total. The van der Waals surface area contributed by atoms with Gasteiger partial charge in [-0.1, -0.05) is 12.1 Å². The lowest BCUT2D eigenvalue weighted by Gasteiger charge is -2.02. The highest BCUT2D eigenvalue weighted by Crippen LogP contribution is 2.11. The lowest BCUT2D eigenvalue weighted by Crippen LogP contribution is -2.29. The van der Waals surface area contributed by atoms with Crippen molar-refractivity contribution in [1.29, 1.82) is 0 Å². The highest BCUT2D eigenvalue weighted by molar-refractivity contribution is 5.80. The van der Waals surface area contributed by atoms with E-state index in [0.29, 0.717) is 10.9 Å². The molecule has 21 heavy (non-hydrogen) atoms. The molecule has 0 atom stereocenters. The molecule has 0 fully saturated rings. The van der Waals surface area contributed by atoms with E-state index >= 15 is 0 Å². The first-order chi connectivity index (χ1) is 10.2. The zero-order chi connectivity index (χ0) is 14.4. The molecule has 7 nitrogen and oxygen atoms in total. The van der Waals surface area contributed by atoms with Gasteiger partial charge in [0.25, 0.3) is 11.1 Å². The van der Waals surface area contributed by atoms with Crippen LogP contribution in [0.25, 0.3) is 27.8 Å². The van der Waals surface area contributed by atoms with Crippen molar-refractivity contribution in [2.75, 3.05) is 0 Å². The molecule has 0 aliphatic rings. The number of aromatic amines is 2. The van der Waals surface area contributed by atoms with Gasteiger partial charge in [-0.3, -0.25) is 19.7 Å². The SMILES string of the molecule is O=c1[nH]n(-c2nc3ccccc3[nH]2)c(=O)c2cnccc12. The molecule has 0 amide bonds. The zero-order valence-electron chi connectivity index (χ0n) is 10.7. The van der Waals surface area contributed by atoms with E-state index in [2.05, 4.69) is 20.1 Å². The van der Waals surface area contributed by atoms with Crippen LogP contribution < -0.4 is 11.1 Å². The number of nitrogens with zero attached hydrogens (tertiary/aromatic N) is 3. The van der Waals surface area contributed by atoms with E-state index in [-0.39, 0.29) is 22.5 Å². The first-order valence-electron chi connectivity index (χ1n) is 6.28. The average molecular weight is 279 g/mol. The summed E-state index contributed by atoms with van der Waals surface area (Å²) < 4.78 is 1.10. The second-order valence-corrected chi connectivity index (χ2v) is 4.58. The molecule has 4 rings (SSSR count). The highest BCUT2D eigenvalue weighted by Gasteiger charge is 2.11. The Balaban J connectivity index is 2.09. The predicted octanol–water partition coefficient (Wildman–Crippen LogP) is 0.950. The third-order valence-electron chi connectivity index (χ3n) is 3.30. The zero-order valence-corrected chi connectivity index (χ0v) is 10.7. The van der Waals surface area contributed by atoms with Crippen molar-refractivity contribution in [3.63, 3.8) is 0 Å². The molecule has 0 saturated carbocycles. The Bertz CT molecular complexity index is 1060. The number of H-pyrrole nitrogens is 2. The summed E-state index contributed by atoms with van der Waals surface area (Å²) in [5.74, 6) is 0.268. The van der Waals surface area contributed by atoms with Crippen LogP contribution in [0.3, 0.4) is 0 Å². The van der Waals surface area contributed by atoms with Crippen molar-refractivity contribution in [3.05, 3.63) is 63.4 Å². The fraction of sp³-hybridized carbons (Fsp3) is 0. The molecule has 0 aliphatic heterocycles. The van der Waals surface area contributed by atoms with Crippen molar-refractivity contribution in [3.8, 4) is 5.95 Å². The number of pyridine rings is 1. The number of fused-ring (bicyclic) bond motifs is 2. The number of aromatic nitrogens is 5. The van der Waals surface area contributed by atoms with Gasteiger partial charge in [-0.05, 0) is 18.2 Å². The third kappa shape index (κ3) is 1.68. The number of nitrogens with one attached hydrogen (secondary N) is 2. The second kappa shape index (κ2) is 4.14. The number of para-hydroxylation sites is 2. The summed E-state index contributed by atoms with van der Waals surface area (Å²) in [4.78, 5) is 35.7. The monoisotopic (exact) mass is 279 g/mol. The van der Waals surface area contributed by atoms with Crippen LogP contribution in [0.2, 0.25) is 0 Å². The minimum absolute atomic E-state index is 0.252. The molecule has 4 aromatic rings. The maximum atomic E-state index is 12.5. The van der Waals surface area contributed by atoms with Crippen LogP contribution in [-0.4, -0.2) is 24.7 Å². The first kappa shape index (κ1) is 11.6. The number of benzene rings is 1. The molecule has 3 aromatic heterocycles. The van der Waals surface area contributed by atoms with Crippen LogP contribution >= 0.6 is 0 Å². The molecule has 1 aromatic carbocycles. The van der Waals surface area contributed by atoms with Gasteiger partial charge in [-0.25, -0.2) is 4.98 Å². The minimum Gasteiger partial charge on any atom is -0.322 e. The van der Waals surface area contributed by atoms with E-state index < -0.39 is 0 Å². The summed E-state index contributed by atoms with van der Waals surface area (Å²) in [6.45, 7) is 0. The Morgan fingerprint density at radius 3 is 2.76 bits per heavy atom. The van der Waals surface area contributed by atoms with Crippen molar-refractivity contribution in [1.82, 2.24) is 24.7 Å². The van der Waals surface area contributed by atoms with Gasteiger partial charge in [-0.2, -0.15) is 4.68 Å². The van der Waals surface area contributed by atoms with Gasteiger partial charge in [0, 0.05) is 12.4 Å². The van der Waals surface area contributed by atoms with Gasteiger partial charge in [0.05, 0.1) is 21.8 Å². The van der Waals surface area contributed by atoms with Gasteiger partial charge in [0.1, 0.15) is 0 Å². The van der Waals surface area contributed by atoms with Crippen LogP contribution in [0.4, 0.5) is 0 Å². The molecule has 3 heterocycles. The Kier molecular flexibility index (Phi) is 2.28. The molecular formula is C14H9N5O2. The number of rotatable bonds is 1. The number of imidazole rings is 1. The van der Waals surface area contributed by atoms with Crippen molar-refractivity contribution >= 4 is 21.8 Å². The fourth-order valence-electron chi connectivity index (χ4n) is 2.29. The van der Waals surface area contributed by atoms with Crippen LogP contribution in [0.5, 0.6) is 0 Å². The number of hydrogen-bond donors (Lipinski definition) is 2. The van der Waals surface area contributed by atoms with Gasteiger partial charge in [-0.15, -0.1) is 0 Å². The Labute approximate surface area is 116 Å². The Morgan fingerprint density at radius 2 is 1.90 bits per heavy atom. The third-order valence-corrected chi connectivity index (χ3v) is 3.30. The number of hydrogen-bond acceptors (Lipinski definition) is 4. The maximum absolute atomic E-state index is 12.5. The van der Waals surface area contributed by atoms with Gasteiger partial charge < -0.3 is 4.98 Å². The lowest BCUT2D eigenvalue weighted by atomic mass is 10.2. The molecule has 7 heteroatoms. The highest BCUT2D eigenvalue weighted by atomic mass is 16.2. The van der Waals surface area contributed by atoms with Crippen molar-refractivity contribution in [2.24, 2.45) is 0 Å². The summed E-state index contributed by atoms with van der Waals surface area (Å²) in [6, 6.07) is 8.89. The van der Waals surface area contributed by atoms with Crippen LogP contribution in [0, 0.1) is 0 Å². The van der Waals surface area contributed by atoms with E-state index in [1.807, 2.05) is 24.3 Å². The lowest BCUT2D eigenvalue weighted by molar-refractivity contribution is 0.762. The topological polar surface area (TPSA) is 96.4 Å². The normalized spacial score (nSPS) is 11.2. The van der Waals surface area contributed by atoms with E-state index in [1.165, 1.54) is 18.5 Å². The van der Waals surface area contributed by atoms with Crippen molar-refractivity contribution < 1.29 is 0 Å². The summed E-state index contributed by atoms with van der Waals surface area (Å²) in [6.07, 6.45) is 2.86. The molecule has 0 radical (unpaired) electrons. The summed E-state index contributed by atoms with van der Waals surface area (Å²) in [5, 5.41) is 3.08. The molecule has 0 saturated heterocycles. The Hall–Kier alpha value is -3.22. The smallest absolute Gasteiger partial charge is 0.282 e. The van der Waals surface area contributed by atoms with Crippen LogP contribution in [0.1, 0.15) is 0 Å². The second-order valence-electron chi connectivity index (χ2n) is 4.58. The Morgan fingerprint density at radius 1 is 1.05 bits per heavy atom. The molecule has 0 bridgehead atoms. The molecular weight excluding hydrogens is 270 g/mol. The van der Waals surface area contributed by atoms with E-state index in [4.69, 9.17) is 0 Å². The largest absolute Gasteiger partial charge is 0.322 e. The van der Waals surface area contributed by atoms with Gasteiger partial charge in [0.15, 0.2) is 0 Å². The first-order valence-corrected chi connectivity index (χ1v) is 6.28. The quantitative estimate of drug-likeness (QED) is 0.542. The van der Waals surface area contributed by atoms with E-state index in [0.717, 1.165) is 10.2 Å². The van der Waals surface area contributed by atoms with Crippen LogP contribution in [0.15, 0.2) is 52.3 Å². The van der Waals surface area contributed by atoms with Gasteiger partial charge in [0.2, 0.25) is 5.95 Å². The molecule has 0 aliphatic carbocycles. The molecule has 0 spiro atoms. The van der Waals surface area contributed by atoms with Crippen molar-refractivity contribution in [2.45, 2.75) is 0 Å². The summed E-state index contributed by atoms with van der Waals surface area (Å²) in [5.41, 5.74) is 0.752. The standard InChI is InChI=1S/C14H9N5O2/c20-12-8-5-6-15-7-9(8)13(21)19(18-12)14-16-10-3-1-2-4-11(10)17-14/h1-7H,(H,16,17)(H,18,20). The average Bonchev–Trinajstić information content (AvgIpc) is 2.94. The summed E-state index contributed by atoms with van der Waals surface area (Å²) in [7, 11) is 0. The van der Waals surface area contributed by atoms with Gasteiger partial charge >= 0.3 is 0 Å². The van der Waals surface area contributed by atoms with Crippen LogP contribution in [-0.2, 0) is 0 Å². The van der Waals surface area contributed by atoms with E-state index in [9.17, 15) is 9.59 Å². The maximum Gasteiger partial charge on any atom is 0.282 e. The summed E-state index contributed by atoms with van der Waals surface area (Å²) >= 11 is 0. The predicted molar refractivity (Wildman–Crippen MR) is 77.6 cm³/mol.